The third-order valence-corrected chi connectivity index (χ3v) is 2.69. The van der Waals surface area contributed by atoms with Gasteiger partial charge in [0.25, 0.3) is 0 Å². The Hall–Kier alpha value is -1.10. The van der Waals surface area contributed by atoms with Gasteiger partial charge in [-0.25, -0.2) is 0 Å². The van der Waals surface area contributed by atoms with Crippen molar-refractivity contribution in [3.05, 3.63) is 39.4 Å². The van der Waals surface area contributed by atoms with Crippen molar-refractivity contribution in [3.63, 3.8) is 0 Å². The molecule has 0 radical (unpaired) electrons. The smallest absolute Gasteiger partial charge is 0.232 e. The monoisotopic (exact) mass is 288 g/mol. The first-order chi connectivity index (χ1) is 8.06. The third kappa shape index (κ3) is 2.97. The molecule has 0 amide bonds. The Morgan fingerprint density at radius 1 is 1.00 bits per heavy atom. The lowest BCUT2D eigenvalue weighted by Gasteiger charge is -2.09. The van der Waals surface area contributed by atoms with Crippen molar-refractivity contribution in [3.8, 4) is 0 Å². The fourth-order valence-corrected chi connectivity index (χ4v) is 1.92. The van der Waals surface area contributed by atoms with E-state index in [0.717, 1.165) is 5.56 Å². The first-order valence-electron chi connectivity index (χ1n) is 4.65. The van der Waals surface area contributed by atoms with Crippen molar-refractivity contribution in [1.82, 2.24) is 15.0 Å². The minimum Gasteiger partial charge on any atom is -0.322 e. The Morgan fingerprint density at radius 2 is 1.65 bits per heavy atom. The predicted octanol–water partition coefficient (Wildman–Crippen LogP) is 3.88. The van der Waals surface area contributed by atoms with E-state index in [2.05, 4.69) is 20.3 Å². The molecule has 4 nitrogen and oxygen atoms in total. The molecule has 2 aromatic rings. The van der Waals surface area contributed by atoms with Gasteiger partial charge >= 0.3 is 0 Å². The van der Waals surface area contributed by atoms with Gasteiger partial charge in [-0.3, -0.25) is 0 Å². The Kier molecular flexibility index (Phi) is 3.66. The SMILES string of the molecule is Cc1cccc(Cl)c1Nc1nc(Cl)nc(Cl)n1. The van der Waals surface area contributed by atoms with Gasteiger partial charge < -0.3 is 5.32 Å². The number of anilines is 2. The summed E-state index contributed by atoms with van der Waals surface area (Å²) in [4.78, 5) is 11.5. The molecule has 17 heavy (non-hydrogen) atoms. The van der Waals surface area contributed by atoms with Crippen molar-refractivity contribution in [2.45, 2.75) is 6.92 Å². The number of hydrogen-bond acceptors (Lipinski definition) is 4. The predicted molar refractivity (Wildman–Crippen MR) is 69.3 cm³/mol. The Balaban J connectivity index is 2.38. The molecule has 0 bridgehead atoms. The quantitative estimate of drug-likeness (QED) is 0.911. The number of nitrogens with zero attached hydrogens (tertiary/aromatic N) is 3. The van der Waals surface area contributed by atoms with Gasteiger partial charge in [0.15, 0.2) is 0 Å². The van der Waals surface area contributed by atoms with Crippen molar-refractivity contribution in [2.75, 3.05) is 5.32 Å². The second-order valence-corrected chi connectivity index (χ2v) is 4.34. The summed E-state index contributed by atoms with van der Waals surface area (Å²) in [6.07, 6.45) is 0. The zero-order valence-corrected chi connectivity index (χ0v) is 11.0. The van der Waals surface area contributed by atoms with E-state index in [9.17, 15) is 0 Å². The molecule has 0 unspecified atom stereocenters. The van der Waals surface area contributed by atoms with E-state index in [1.54, 1.807) is 6.07 Å². The molecule has 88 valence electrons. The van der Waals surface area contributed by atoms with Gasteiger partial charge in [0.2, 0.25) is 16.5 Å². The first-order valence-corrected chi connectivity index (χ1v) is 5.79. The summed E-state index contributed by atoms with van der Waals surface area (Å²) >= 11 is 17.4. The first kappa shape index (κ1) is 12.4. The van der Waals surface area contributed by atoms with Crippen molar-refractivity contribution >= 4 is 46.4 Å². The summed E-state index contributed by atoms with van der Waals surface area (Å²) in [6.45, 7) is 1.92. The second-order valence-electron chi connectivity index (χ2n) is 3.25. The zero-order valence-electron chi connectivity index (χ0n) is 8.71. The van der Waals surface area contributed by atoms with Crippen LogP contribution in [0.1, 0.15) is 5.56 Å². The van der Waals surface area contributed by atoms with Gasteiger partial charge in [0, 0.05) is 0 Å². The van der Waals surface area contributed by atoms with Crippen LogP contribution in [0.5, 0.6) is 0 Å². The summed E-state index contributed by atoms with van der Waals surface area (Å²) in [5, 5.41) is 3.58. The summed E-state index contributed by atoms with van der Waals surface area (Å²) in [5.41, 5.74) is 1.68. The number of nitrogens with one attached hydrogen (secondary N) is 1. The molecule has 0 aliphatic heterocycles. The third-order valence-electron chi connectivity index (χ3n) is 2.04. The summed E-state index contributed by atoms with van der Waals surface area (Å²) in [5.74, 6) is 0.256. The lowest BCUT2D eigenvalue weighted by atomic mass is 10.2. The fourth-order valence-electron chi connectivity index (χ4n) is 1.28. The summed E-state index contributed by atoms with van der Waals surface area (Å²) in [7, 11) is 0. The molecule has 0 aliphatic rings. The largest absolute Gasteiger partial charge is 0.322 e. The Labute approximate surface area is 113 Å². The maximum atomic E-state index is 6.06. The minimum atomic E-state index is 0.0252. The van der Waals surface area contributed by atoms with Gasteiger partial charge in [-0.05, 0) is 41.8 Å². The van der Waals surface area contributed by atoms with Gasteiger partial charge in [-0.15, -0.1) is 0 Å². The van der Waals surface area contributed by atoms with E-state index < -0.39 is 0 Å². The number of halogens is 3. The van der Waals surface area contributed by atoms with Crippen molar-refractivity contribution < 1.29 is 0 Å². The number of rotatable bonds is 2. The van der Waals surface area contributed by atoms with E-state index in [1.807, 2.05) is 19.1 Å². The molecule has 1 aromatic heterocycles. The number of hydrogen-bond donors (Lipinski definition) is 1. The van der Waals surface area contributed by atoms with E-state index in [-0.39, 0.29) is 16.5 Å². The fraction of sp³-hybridized carbons (Fsp3) is 0.100. The molecule has 2 rings (SSSR count). The highest BCUT2D eigenvalue weighted by molar-refractivity contribution is 6.33. The summed E-state index contributed by atoms with van der Waals surface area (Å²) < 4.78 is 0. The van der Waals surface area contributed by atoms with Crippen LogP contribution in [0.15, 0.2) is 18.2 Å². The van der Waals surface area contributed by atoms with Crippen LogP contribution in [-0.4, -0.2) is 15.0 Å². The maximum Gasteiger partial charge on any atom is 0.232 e. The van der Waals surface area contributed by atoms with Crippen LogP contribution >= 0.6 is 34.8 Å². The number of aryl methyl sites for hydroxylation is 1. The van der Waals surface area contributed by atoms with Crippen LogP contribution in [0.2, 0.25) is 15.6 Å². The van der Waals surface area contributed by atoms with Crippen LogP contribution in [0.3, 0.4) is 0 Å². The van der Waals surface area contributed by atoms with E-state index in [4.69, 9.17) is 34.8 Å². The highest BCUT2D eigenvalue weighted by atomic mass is 35.5. The topological polar surface area (TPSA) is 50.7 Å². The lowest BCUT2D eigenvalue weighted by Crippen LogP contribution is -2.01. The highest BCUT2D eigenvalue weighted by Gasteiger charge is 2.08. The standard InChI is InChI=1S/C10H7Cl3N4/c1-5-3-2-4-6(11)7(5)14-10-16-8(12)15-9(13)17-10/h2-4H,1H3,(H,14,15,16,17). The van der Waals surface area contributed by atoms with E-state index in [1.165, 1.54) is 0 Å². The van der Waals surface area contributed by atoms with E-state index in [0.29, 0.717) is 10.7 Å². The second kappa shape index (κ2) is 5.04. The maximum absolute atomic E-state index is 6.06. The molecule has 1 heterocycles. The average Bonchev–Trinajstić information content (AvgIpc) is 2.22. The molecule has 7 heteroatoms. The van der Waals surface area contributed by atoms with Crippen molar-refractivity contribution in [1.29, 1.82) is 0 Å². The summed E-state index contributed by atoms with van der Waals surface area (Å²) in [6, 6.07) is 5.54. The molecule has 1 N–H and O–H groups in total. The van der Waals surface area contributed by atoms with Gasteiger partial charge in [-0.2, -0.15) is 15.0 Å². The highest BCUT2D eigenvalue weighted by Crippen LogP contribution is 2.27. The van der Waals surface area contributed by atoms with Crippen LogP contribution in [-0.2, 0) is 0 Å². The molecule has 0 spiro atoms. The Bertz CT molecular complexity index is 519. The van der Waals surface area contributed by atoms with Crippen LogP contribution < -0.4 is 5.32 Å². The van der Waals surface area contributed by atoms with Gasteiger partial charge in [-0.1, -0.05) is 23.7 Å². The molecular formula is C10H7Cl3N4. The van der Waals surface area contributed by atoms with Crippen molar-refractivity contribution in [2.24, 2.45) is 0 Å². The molecule has 0 saturated heterocycles. The molecule has 0 fully saturated rings. The average molecular weight is 290 g/mol. The molecule has 0 saturated carbocycles. The van der Waals surface area contributed by atoms with Crippen LogP contribution in [0.4, 0.5) is 11.6 Å². The lowest BCUT2D eigenvalue weighted by molar-refractivity contribution is 1.05. The molecule has 0 aliphatic carbocycles. The number of para-hydroxylation sites is 1. The zero-order chi connectivity index (χ0) is 12.4. The number of aromatic nitrogens is 3. The number of benzene rings is 1. The van der Waals surface area contributed by atoms with E-state index >= 15 is 0 Å². The van der Waals surface area contributed by atoms with Crippen LogP contribution in [0.25, 0.3) is 0 Å². The van der Waals surface area contributed by atoms with Gasteiger partial charge in [0.05, 0.1) is 10.7 Å². The molecule has 0 atom stereocenters. The normalized spacial score (nSPS) is 10.4. The Morgan fingerprint density at radius 3 is 2.24 bits per heavy atom. The minimum absolute atomic E-state index is 0.0252. The molecule has 1 aromatic carbocycles. The molecular weight excluding hydrogens is 282 g/mol. The van der Waals surface area contributed by atoms with Crippen LogP contribution in [0, 0.1) is 6.92 Å². The van der Waals surface area contributed by atoms with Gasteiger partial charge in [0.1, 0.15) is 0 Å².